The maximum Gasteiger partial charge on any atom is 0.204 e. The molecule has 0 amide bonds. The van der Waals surface area contributed by atoms with Gasteiger partial charge in [0, 0.05) is 24.5 Å². The lowest BCUT2D eigenvalue weighted by molar-refractivity contribution is 0.414. The summed E-state index contributed by atoms with van der Waals surface area (Å²) in [5.41, 5.74) is 9.83. The summed E-state index contributed by atoms with van der Waals surface area (Å²) in [5, 5.41) is 10.6. The molecule has 1 aliphatic carbocycles. The van der Waals surface area contributed by atoms with Crippen molar-refractivity contribution in [1.29, 1.82) is 0 Å². The van der Waals surface area contributed by atoms with Crippen molar-refractivity contribution in [3.8, 4) is 5.75 Å². The zero-order valence-electron chi connectivity index (χ0n) is 25.7. The second kappa shape index (κ2) is 14.1. The highest BCUT2D eigenvalue weighted by Crippen LogP contribution is 2.25. The number of benzene rings is 2. The number of imidazole rings is 1. The van der Waals surface area contributed by atoms with Crippen LogP contribution in [0.4, 0.5) is 5.95 Å². The van der Waals surface area contributed by atoms with E-state index in [-0.39, 0.29) is 0 Å². The lowest BCUT2D eigenvalue weighted by atomic mass is 10.0. The quantitative estimate of drug-likeness (QED) is 0.180. The van der Waals surface area contributed by atoms with Gasteiger partial charge < -0.3 is 19.9 Å². The summed E-state index contributed by atoms with van der Waals surface area (Å²) in [6.07, 6.45) is 13.1. The Morgan fingerprint density at radius 2 is 1.77 bits per heavy atom. The second-order valence-electron chi connectivity index (χ2n) is 11.5. The number of nitrogens with one attached hydrogen (secondary N) is 2. The highest BCUT2D eigenvalue weighted by Gasteiger charge is 2.22. The predicted octanol–water partition coefficient (Wildman–Crippen LogP) is 7.63. The van der Waals surface area contributed by atoms with Crippen molar-refractivity contribution < 1.29 is 4.74 Å². The van der Waals surface area contributed by atoms with Crippen LogP contribution in [0.1, 0.15) is 57.6 Å². The van der Waals surface area contributed by atoms with Crippen LogP contribution in [0, 0.1) is 4.91 Å². The van der Waals surface area contributed by atoms with E-state index >= 15 is 0 Å². The molecule has 2 heterocycles. The number of ether oxygens (including phenoxy) is 1. The molecule has 1 unspecified atom stereocenters. The van der Waals surface area contributed by atoms with Crippen molar-refractivity contribution in [3.05, 3.63) is 105 Å². The average Bonchev–Trinajstić information content (AvgIpc) is 3.23. The zero-order chi connectivity index (χ0) is 30.2. The maximum absolute atomic E-state index is 11.8. The van der Waals surface area contributed by atoms with Gasteiger partial charge in [0.25, 0.3) is 0 Å². The fraction of sp³-hybridized carbons (Fsp3) is 0.371. The van der Waals surface area contributed by atoms with Gasteiger partial charge in [0.1, 0.15) is 11.8 Å². The van der Waals surface area contributed by atoms with Gasteiger partial charge in [-0.3, -0.25) is 4.99 Å². The predicted molar refractivity (Wildman–Crippen MR) is 177 cm³/mol. The van der Waals surface area contributed by atoms with Crippen LogP contribution in [-0.2, 0) is 19.5 Å². The molecule has 0 bridgehead atoms. The van der Waals surface area contributed by atoms with E-state index in [1.807, 2.05) is 19.1 Å². The first-order valence-corrected chi connectivity index (χ1v) is 15.1. The van der Waals surface area contributed by atoms with E-state index in [0.29, 0.717) is 26.1 Å². The Balaban J connectivity index is 1.41. The number of allylic oxidation sites excluding steroid dienone is 7. The van der Waals surface area contributed by atoms with Gasteiger partial charge in [-0.25, -0.2) is 4.98 Å². The summed E-state index contributed by atoms with van der Waals surface area (Å²) in [6.45, 7) is 8.19. The molecule has 0 saturated heterocycles. The minimum atomic E-state index is -0.457. The number of aliphatic imine (C=N–C) groups is 1. The van der Waals surface area contributed by atoms with E-state index in [2.05, 4.69) is 88.9 Å². The number of methoxy groups -OCH3 is 1. The lowest BCUT2D eigenvalue weighted by Crippen LogP contribution is -2.24. The van der Waals surface area contributed by atoms with Crippen LogP contribution in [0.5, 0.6) is 5.75 Å². The van der Waals surface area contributed by atoms with E-state index in [0.717, 1.165) is 71.1 Å². The third kappa shape index (κ3) is 7.89. The lowest BCUT2D eigenvalue weighted by Gasteiger charge is -2.16. The second-order valence-corrected chi connectivity index (χ2v) is 11.5. The van der Waals surface area contributed by atoms with Gasteiger partial charge in [0.15, 0.2) is 0 Å². The van der Waals surface area contributed by atoms with E-state index in [1.54, 1.807) is 7.11 Å². The monoisotopic (exact) mass is 578 g/mol. The molecule has 2 aromatic carbocycles. The Morgan fingerprint density at radius 3 is 2.56 bits per heavy atom. The number of hydrogen-bond acceptors (Lipinski definition) is 7. The van der Waals surface area contributed by atoms with Gasteiger partial charge >= 0.3 is 0 Å². The SMILES string of the molecule is COc1ccc(CCNc2nc3ccc(CNC4=C/C/C(C)=C\C/C(C)=C\4)cc3n2CC2=NC(C)=CCCC2N=O)cc1. The van der Waals surface area contributed by atoms with Crippen LogP contribution in [0.2, 0.25) is 0 Å². The Bertz CT molecular complexity index is 1610. The molecule has 0 saturated carbocycles. The van der Waals surface area contributed by atoms with Crippen molar-refractivity contribution in [2.75, 3.05) is 19.0 Å². The van der Waals surface area contributed by atoms with Crippen molar-refractivity contribution in [2.24, 2.45) is 10.2 Å². The van der Waals surface area contributed by atoms with Crippen LogP contribution in [-0.4, -0.2) is 35.0 Å². The standard InChI is InChI=1S/C35H42N6O2/c1-24-8-9-25(2)20-29(14-10-24)37-22-28-13-17-32-34(21-28)41(23-33-31(40-42)7-5-6-26(3)38-33)35(39-32)36-19-18-27-11-15-30(43-4)16-12-27/h6,8,11-17,20-21,31,37H,5,7,9-10,18-19,22-23H2,1-4H3,(H,36,39)/b24-8-,25-20-,29-14+. The number of aromatic nitrogens is 2. The van der Waals surface area contributed by atoms with Gasteiger partial charge in [-0.2, -0.15) is 4.91 Å². The highest BCUT2D eigenvalue weighted by atomic mass is 16.5. The topological polar surface area (TPSA) is 92.9 Å². The molecule has 8 nitrogen and oxygen atoms in total. The highest BCUT2D eigenvalue weighted by molar-refractivity contribution is 5.92. The van der Waals surface area contributed by atoms with E-state index < -0.39 is 6.04 Å². The van der Waals surface area contributed by atoms with Gasteiger partial charge in [-0.1, -0.05) is 52.8 Å². The third-order valence-electron chi connectivity index (χ3n) is 8.02. The summed E-state index contributed by atoms with van der Waals surface area (Å²) in [6, 6.07) is 14.1. The number of nitrogens with zero attached hydrogens (tertiary/aromatic N) is 4. The van der Waals surface area contributed by atoms with Crippen molar-refractivity contribution in [1.82, 2.24) is 14.9 Å². The largest absolute Gasteiger partial charge is 0.497 e. The van der Waals surface area contributed by atoms with Crippen LogP contribution in [0.3, 0.4) is 0 Å². The van der Waals surface area contributed by atoms with Crippen LogP contribution in [0.15, 0.2) is 99.5 Å². The molecule has 8 heteroatoms. The molecule has 2 N–H and O–H groups in total. The van der Waals surface area contributed by atoms with Crippen molar-refractivity contribution in [2.45, 2.75) is 72.0 Å². The maximum atomic E-state index is 11.8. The molecular formula is C35H42N6O2. The van der Waals surface area contributed by atoms with E-state index in [1.165, 1.54) is 16.7 Å². The first-order valence-electron chi connectivity index (χ1n) is 15.1. The Kier molecular flexibility index (Phi) is 9.87. The number of hydrogen-bond donors (Lipinski definition) is 2. The van der Waals surface area contributed by atoms with E-state index in [4.69, 9.17) is 14.7 Å². The van der Waals surface area contributed by atoms with Gasteiger partial charge in [0.05, 0.1) is 30.4 Å². The first kappa shape index (κ1) is 30.0. The van der Waals surface area contributed by atoms with Gasteiger partial charge in [-0.05, 0) is 94.3 Å². The minimum Gasteiger partial charge on any atom is -0.497 e. The number of rotatable bonds is 11. The molecule has 3 aromatic rings. The Hall–Kier alpha value is -4.46. The van der Waals surface area contributed by atoms with Gasteiger partial charge in [0.2, 0.25) is 5.95 Å². The third-order valence-corrected chi connectivity index (χ3v) is 8.02. The Labute approximate surface area is 254 Å². The average molecular weight is 579 g/mol. The summed E-state index contributed by atoms with van der Waals surface area (Å²) in [7, 11) is 1.68. The molecule has 2 aliphatic rings. The van der Waals surface area contributed by atoms with Crippen LogP contribution >= 0.6 is 0 Å². The van der Waals surface area contributed by atoms with Crippen LogP contribution in [0.25, 0.3) is 11.0 Å². The number of anilines is 1. The first-order chi connectivity index (χ1) is 20.9. The molecule has 43 heavy (non-hydrogen) atoms. The fourth-order valence-electron chi connectivity index (χ4n) is 5.46. The molecule has 0 fully saturated rings. The van der Waals surface area contributed by atoms with Gasteiger partial charge in [-0.15, -0.1) is 0 Å². The minimum absolute atomic E-state index is 0.443. The number of nitroso groups, excluding NO2 is 1. The number of fused-ring (bicyclic) bond motifs is 1. The molecule has 1 atom stereocenters. The molecule has 224 valence electrons. The van der Waals surface area contributed by atoms with Crippen LogP contribution < -0.4 is 15.4 Å². The molecule has 1 aliphatic heterocycles. The summed E-state index contributed by atoms with van der Waals surface area (Å²) >= 11 is 0. The smallest absolute Gasteiger partial charge is 0.204 e. The summed E-state index contributed by atoms with van der Waals surface area (Å²) < 4.78 is 7.44. The molecule has 5 rings (SSSR count). The molecular weight excluding hydrogens is 536 g/mol. The zero-order valence-corrected chi connectivity index (χ0v) is 25.7. The Morgan fingerprint density at radius 1 is 0.977 bits per heavy atom. The summed E-state index contributed by atoms with van der Waals surface area (Å²) in [5.74, 6) is 1.61. The molecule has 0 spiro atoms. The fourth-order valence-corrected chi connectivity index (χ4v) is 5.46. The molecule has 0 radical (unpaired) electrons. The van der Waals surface area contributed by atoms with Crippen molar-refractivity contribution in [3.63, 3.8) is 0 Å². The van der Waals surface area contributed by atoms with Crippen molar-refractivity contribution >= 4 is 22.7 Å². The molecule has 1 aromatic heterocycles. The normalized spacial score (nSPS) is 21.0. The van der Waals surface area contributed by atoms with E-state index in [9.17, 15) is 4.91 Å². The summed E-state index contributed by atoms with van der Waals surface area (Å²) in [4.78, 5) is 21.6.